The van der Waals surface area contributed by atoms with Gasteiger partial charge in [0.25, 0.3) is 5.91 Å². The van der Waals surface area contributed by atoms with Gasteiger partial charge in [-0.15, -0.1) is 0 Å². The van der Waals surface area contributed by atoms with Crippen molar-refractivity contribution < 1.29 is 23.1 Å². The highest BCUT2D eigenvalue weighted by Crippen LogP contribution is 2.39. The normalized spacial score (nSPS) is 18.4. The molecular weight excluding hydrogens is 340 g/mol. The van der Waals surface area contributed by atoms with E-state index in [1.807, 2.05) is 6.07 Å². The van der Waals surface area contributed by atoms with Crippen molar-refractivity contribution in [1.82, 2.24) is 4.90 Å². The lowest BCUT2D eigenvalue weighted by Crippen LogP contribution is -2.52. The smallest absolute Gasteiger partial charge is 0.256 e. The third kappa shape index (κ3) is 2.85. The Bertz CT molecular complexity index is 888. The Morgan fingerprint density at radius 3 is 2.58 bits per heavy atom. The van der Waals surface area contributed by atoms with Crippen LogP contribution in [-0.4, -0.2) is 35.3 Å². The lowest BCUT2D eigenvalue weighted by atomic mass is 9.82. The van der Waals surface area contributed by atoms with Crippen LogP contribution in [0.3, 0.4) is 0 Å². The molecule has 2 aromatic rings. The van der Waals surface area contributed by atoms with Crippen molar-refractivity contribution in [3.63, 3.8) is 0 Å². The summed E-state index contributed by atoms with van der Waals surface area (Å²) in [6, 6.07) is 9.98. The molecule has 4 rings (SSSR count). The van der Waals surface area contributed by atoms with E-state index in [1.165, 1.54) is 4.90 Å². The highest BCUT2D eigenvalue weighted by Gasteiger charge is 2.43. The molecule has 0 atom stereocenters. The first-order valence-electron chi connectivity index (χ1n) is 8.53. The Hall–Kier alpha value is -2.76. The number of Topliss-reactive ketones (excluding diaryl/α,β-unsaturated/α-hetero) is 1. The Morgan fingerprint density at radius 2 is 1.81 bits per heavy atom. The number of benzene rings is 2. The van der Waals surface area contributed by atoms with Gasteiger partial charge >= 0.3 is 0 Å². The predicted molar refractivity (Wildman–Crippen MR) is 90.2 cm³/mol. The third-order valence-electron chi connectivity index (χ3n) is 5.12. The average Bonchev–Trinajstić information content (AvgIpc) is 2.64. The number of rotatable bonds is 1. The zero-order chi connectivity index (χ0) is 18.3. The number of fused-ring (bicyclic) bond motifs is 1. The van der Waals surface area contributed by atoms with Crippen LogP contribution in [-0.2, 0) is 0 Å². The van der Waals surface area contributed by atoms with Crippen molar-refractivity contribution in [3.8, 4) is 5.75 Å². The maximum atomic E-state index is 13.9. The summed E-state index contributed by atoms with van der Waals surface area (Å²) in [5, 5.41) is 0. The number of hydrogen-bond donors (Lipinski definition) is 0. The lowest BCUT2D eigenvalue weighted by Gasteiger charge is -2.44. The zero-order valence-electron chi connectivity index (χ0n) is 14.0. The van der Waals surface area contributed by atoms with Crippen LogP contribution < -0.4 is 4.74 Å². The molecule has 6 heteroatoms. The van der Waals surface area contributed by atoms with E-state index in [0.29, 0.717) is 37.2 Å². The molecule has 1 spiro atoms. The fraction of sp³-hybridized carbons (Fsp3) is 0.300. The van der Waals surface area contributed by atoms with Crippen molar-refractivity contribution in [2.75, 3.05) is 13.1 Å². The van der Waals surface area contributed by atoms with Gasteiger partial charge in [0, 0.05) is 25.9 Å². The minimum atomic E-state index is -0.741. The van der Waals surface area contributed by atoms with E-state index in [0.717, 1.165) is 18.2 Å². The Balaban J connectivity index is 1.50. The van der Waals surface area contributed by atoms with Crippen LogP contribution in [0.1, 0.15) is 40.0 Å². The number of hydrogen-bond acceptors (Lipinski definition) is 3. The first-order chi connectivity index (χ1) is 12.5. The van der Waals surface area contributed by atoms with E-state index in [2.05, 4.69) is 0 Å². The molecule has 2 aromatic carbocycles. The molecule has 26 heavy (non-hydrogen) atoms. The molecule has 0 aliphatic carbocycles. The number of carbonyl (C=O) groups is 2. The summed E-state index contributed by atoms with van der Waals surface area (Å²) in [6.07, 6.45) is 1.20. The molecule has 1 amide bonds. The SMILES string of the molecule is O=C1CC2(CCN(C(=O)c3cc(F)ccc3F)CC2)Oc2ccccc21. The van der Waals surface area contributed by atoms with Gasteiger partial charge in [-0.1, -0.05) is 12.1 Å². The van der Waals surface area contributed by atoms with Crippen LogP contribution in [0, 0.1) is 11.6 Å². The van der Waals surface area contributed by atoms with E-state index in [1.54, 1.807) is 18.2 Å². The number of nitrogens with zero attached hydrogens (tertiary/aromatic N) is 1. The molecule has 2 aliphatic rings. The van der Waals surface area contributed by atoms with Crippen molar-refractivity contribution in [1.29, 1.82) is 0 Å². The first-order valence-corrected chi connectivity index (χ1v) is 8.53. The zero-order valence-corrected chi connectivity index (χ0v) is 14.0. The van der Waals surface area contributed by atoms with Crippen molar-refractivity contribution in [3.05, 3.63) is 65.2 Å². The average molecular weight is 357 g/mol. The number of piperidine rings is 1. The van der Waals surface area contributed by atoms with E-state index < -0.39 is 23.1 Å². The van der Waals surface area contributed by atoms with E-state index in [9.17, 15) is 18.4 Å². The van der Waals surface area contributed by atoms with Crippen LogP contribution in [0.25, 0.3) is 0 Å². The number of para-hydroxylation sites is 1. The van der Waals surface area contributed by atoms with Crippen LogP contribution in [0.15, 0.2) is 42.5 Å². The van der Waals surface area contributed by atoms with Gasteiger partial charge in [-0.05, 0) is 30.3 Å². The third-order valence-corrected chi connectivity index (χ3v) is 5.12. The minimum Gasteiger partial charge on any atom is -0.486 e. The Morgan fingerprint density at radius 1 is 1.08 bits per heavy atom. The van der Waals surface area contributed by atoms with Crippen molar-refractivity contribution >= 4 is 11.7 Å². The fourth-order valence-electron chi connectivity index (χ4n) is 3.67. The number of likely N-dealkylation sites (tertiary alicyclic amines) is 1. The second kappa shape index (κ2) is 6.20. The van der Waals surface area contributed by atoms with Gasteiger partial charge in [0.2, 0.25) is 0 Å². The Labute approximate surface area is 149 Å². The van der Waals surface area contributed by atoms with Gasteiger partial charge in [0.05, 0.1) is 17.5 Å². The number of ketones is 1. The van der Waals surface area contributed by atoms with E-state index in [-0.39, 0.29) is 17.8 Å². The number of ether oxygens (including phenoxy) is 1. The van der Waals surface area contributed by atoms with Crippen LogP contribution in [0.5, 0.6) is 5.75 Å². The molecule has 1 saturated heterocycles. The number of halogens is 2. The van der Waals surface area contributed by atoms with Gasteiger partial charge in [-0.2, -0.15) is 0 Å². The quantitative estimate of drug-likeness (QED) is 0.783. The van der Waals surface area contributed by atoms with Crippen LogP contribution in [0.2, 0.25) is 0 Å². The second-order valence-electron chi connectivity index (χ2n) is 6.80. The molecule has 0 bridgehead atoms. The van der Waals surface area contributed by atoms with Crippen LogP contribution in [0.4, 0.5) is 8.78 Å². The van der Waals surface area contributed by atoms with E-state index in [4.69, 9.17) is 4.74 Å². The van der Waals surface area contributed by atoms with Gasteiger partial charge in [-0.3, -0.25) is 9.59 Å². The largest absolute Gasteiger partial charge is 0.486 e. The topological polar surface area (TPSA) is 46.6 Å². The summed E-state index contributed by atoms with van der Waals surface area (Å²) in [5.74, 6) is -1.34. The number of amides is 1. The molecule has 4 nitrogen and oxygen atoms in total. The van der Waals surface area contributed by atoms with Crippen LogP contribution >= 0.6 is 0 Å². The maximum Gasteiger partial charge on any atom is 0.256 e. The van der Waals surface area contributed by atoms with Crippen molar-refractivity contribution in [2.45, 2.75) is 24.9 Å². The molecule has 1 fully saturated rings. The summed E-state index contributed by atoms with van der Waals surface area (Å²) in [4.78, 5) is 26.4. The van der Waals surface area contributed by atoms with Gasteiger partial charge in [0.15, 0.2) is 5.78 Å². The lowest BCUT2D eigenvalue weighted by molar-refractivity contribution is -0.00580. The second-order valence-corrected chi connectivity index (χ2v) is 6.80. The summed E-state index contributed by atoms with van der Waals surface area (Å²) < 4.78 is 33.3. The Kier molecular flexibility index (Phi) is 3.98. The monoisotopic (exact) mass is 357 g/mol. The highest BCUT2D eigenvalue weighted by atomic mass is 19.1. The van der Waals surface area contributed by atoms with Gasteiger partial charge in [-0.25, -0.2) is 8.78 Å². The molecule has 0 saturated carbocycles. The molecule has 134 valence electrons. The summed E-state index contributed by atoms with van der Waals surface area (Å²) >= 11 is 0. The minimum absolute atomic E-state index is 0.0304. The van der Waals surface area contributed by atoms with E-state index >= 15 is 0 Å². The van der Waals surface area contributed by atoms with Gasteiger partial charge in [0.1, 0.15) is 23.0 Å². The molecule has 0 aromatic heterocycles. The maximum absolute atomic E-state index is 13.9. The van der Waals surface area contributed by atoms with Crippen molar-refractivity contribution in [2.24, 2.45) is 0 Å². The fourth-order valence-corrected chi connectivity index (χ4v) is 3.67. The summed E-state index contributed by atoms with van der Waals surface area (Å²) in [7, 11) is 0. The first kappa shape index (κ1) is 16.7. The molecule has 2 heterocycles. The molecule has 0 radical (unpaired) electrons. The standard InChI is InChI=1S/C20H17F2NO3/c21-13-5-6-16(22)15(11-13)19(25)23-9-7-20(8-10-23)12-17(24)14-3-1-2-4-18(14)26-20/h1-6,11H,7-10,12H2. The van der Waals surface area contributed by atoms with Gasteiger partial charge < -0.3 is 9.64 Å². The highest BCUT2D eigenvalue weighted by molar-refractivity contribution is 6.00. The summed E-state index contributed by atoms with van der Waals surface area (Å²) in [6.45, 7) is 0.647. The molecule has 2 aliphatic heterocycles. The predicted octanol–water partition coefficient (Wildman–Crippen LogP) is 3.61. The summed E-state index contributed by atoms with van der Waals surface area (Å²) in [5.41, 5.74) is -0.326. The molecule has 0 unspecified atom stereocenters. The number of carbonyl (C=O) groups excluding carboxylic acids is 2. The molecule has 0 N–H and O–H groups in total. The molecular formula is C20H17F2NO3.